The van der Waals surface area contributed by atoms with Crippen molar-refractivity contribution in [2.75, 3.05) is 6.54 Å². The van der Waals surface area contributed by atoms with Gasteiger partial charge in [0.1, 0.15) is 0 Å². The average molecular weight is 305 g/mol. The van der Waals surface area contributed by atoms with E-state index < -0.39 is 0 Å². The van der Waals surface area contributed by atoms with Gasteiger partial charge in [0, 0.05) is 0 Å². The van der Waals surface area contributed by atoms with Crippen LogP contribution in [0.5, 0.6) is 0 Å². The molecule has 2 aromatic carbocycles. The largest absolute Gasteiger partial charge is 0.368 e. The minimum absolute atomic E-state index is 0. The maximum absolute atomic E-state index is 11.5. The summed E-state index contributed by atoms with van der Waals surface area (Å²) in [5.74, 6) is -0.304. The first-order valence-electron chi connectivity index (χ1n) is 6.86. The van der Waals surface area contributed by atoms with Crippen molar-refractivity contribution < 1.29 is 4.79 Å². The van der Waals surface area contributed by atoms with E-state index in [0.29, 0.717) is 6.42 Å². The van der Waals surface area contributed by atoms with Gasteiger partial charge in [0.25, 0.3) is 0 Å². The molecule has 112 valence electrons. The number of rotatable bonds is 7. The van der Waals surface area contributed by atoms with Crippen LogP contribution in [-0.2, 0) is 17.6 Å². The molecular weight excluding hydrogens is 284 g/mol. The number of nitrogens with one attached hydrogen (secondary N) is 1. The summed E-state index contributed by atoms with van der Waals surface area (Å²) in [4.78, 5) is 11.5. The second kappa shape index (κ2) is 9.16. The molecule has 21 heavy (non-hydrogen) atoms. The normalized spacial score (nSPS) is 11.4. The second-order valence-corrected chi connectivity index (χ2v) is 4.83. The van der Waals surface area contributed by atoms with Crippen molar-refractivity contribution in [3.05, 3.63) is 71.8 Å². The van der Waals surface area contributed by atoms with Crippen LogP contribution in [0.15, 0.2) is 60.7 Å². The van der Waals surface area contributed by atoms with Crippen LogP contribution in [0.25, 0.3) is 0 Å². The van der Waals surface area contributed by atoms with Crippen LogP contribution < -0.4 is 11.1 Å². The third-order valence-electron chi connectivity index (χ3n) is 3.27. The lowest BCUT2D eigenvalue weighted by atomic mass is 10.1. The Morgan fingerprint density at radius 1 is 0.952 bits per heavy atom. The predicted molar refractivity (Wildman–Crippen MR) is 88.5 cm³/mol. The Labute approximate surface area is 132 Å². The Kier molecular flexibility index (Phi) is 7.51. The van der Waals surface area contributed by atoms with Gasteiger partial charge in [-0.3, -0.25) is 4.79 Å². The summed E-state index contributed by atoms with van der Waals surface area (Å²) in [6, 6.07) is 19.8. The van der Waals surface area contributed by atoms with Crippen LogP contribution in [0.3, 0.4) is 0 Å². The lowest BCUT2D eigenvalue weighted by Crippen LogP contribution is -2.43. The molecule has 0 aliphatic heterocycles. The Balaban J connectivity index is 0.00000220. The first-order chi connectivity index (χ1) is 9.75. The summed E-state index contributed by atoms with van der Waals surface area (Å²) in [7, 11) is 0. The number of carbonyl (C=O) groups excluding carboxylic acids is 1. The first kappa shape index (κ1) is 17.2. The van der Waals surface area contributed by atoms with Gasteiger partial charge in [-0.15, -0.1) is 12.4 Å². The van der Waals surface area contributed by atoms with Gasteiger partial charge in [-0.25, -0.2) is 0 Å². The molecule has 0 unspecified atom stereocenters. The molecule has 0 fully saturated rings. The van der Waals surface area contributed by atoms with Crippen LogP contribution in [0.4, 0.5) is 0 Å². The van der Waals surface area contributed by atoms with Gasteiger partial charge in [-0.05, 0) is 30.5 Å². The van der Waals surface area contributed by atoms with E-state index in [1.54, 1.807) is 0 Å². The van der Waals surface area contributed by atoms with E-state index in [4.69, 9.17) is 5.73 Å². The predicted octanol–water partition coefficient (Wildman–Crippen LogP) is 2.34. The minimum Gasteiger partial charge on any atom is -0.368 e. The lowest BCUT2D eigenvalue weighted by molar-refractivity contribution is -0.120. The van der Waals surface area contributed by atoms with Gasteiger partial charge in [0.2, 0.25) is 5.91 Å². The van der Waals surface area contributed by atoms with Crippen molar-refractivity contribution in [2.45, 2.75) is 18.9 Å². The van der Waals surface area contributed by atoms with E-state index >= 15 is 0 Å². The Hall–Kier alpha value is -1.84. The summed E-state index contributed by atoms with van der Waals surface area (Å²) < 4.78 is 0. The SMILES string of the molecule is Cl.NC(=O)[C@H](Cc1ccccc1)NCCc1ccccc1. The van der Waals surface area contributed by atoms with Crippen molar-refractivity contribution >= 4 is 18.3 Å². The van der Waals surface area contributed by atoms with Gasteiger partial charge in [-0.2, -0.15) is 0 Å². The summed E-state index contributed by atoms with van der Waals surface area (Å²) >= 11 is 0. The van der Waals surface area contributed by atoms with Gasteiger partial charge >= 0.3 is 0 Å². The maximum Gasteiger partial charge on any atom is 0.234 e. The summed E-state index contributed by atoms with van der Waals surface area (Å²) in [6.45, 7) is 0.741. The Morgan fingerprint density at radius 2 is 1.48 bits per heavy atom. The van der Waals surface area contributed by atoms with Gasteiger partial charge in [0.15, 0.2) is 0 Å². The molecule has 0 aromatic heterocycles. The molecule has 3 N–H and O–H groups in total. The average Bonchev–Trinajstić information content (AvgIpc) is 2.48. The van der Waals surface area contributed by atoms with E-state index in [-0.39, 0.29) is 24.4 Å². The fraction of sp³-hybridized carbons (Fsp3) is 0.235. The smallest absolute Gasteiger partial charge is 0.234 e. The number of amides is 1. The van der Waals surface area contributed by atoms with Gasteiger partial charge in [-0.1, -0.05) is 60.7 Å². The molecule has 3 nitrogen and oxygen atoms in total. The number of carbonyl (C=O) groups is 1. The molecule has 0 saturated carbocycles. The molecule has 1 atom stereocenters. The monoisotopic (exact) mass is 304 g/mol. The van der Waals surface area contributed by atoms with E-state index in [9.17, 15) is 4.79 Å². The van der Waals surface area contributed by atoms with Crippen LogP contribution in [0.1, 0.15) is 11.1 Å². The molecule has 0 spiro atoms. The third kappa shape index (κ3) is 5.98. The van der Waals surface area contributed by atoms with Crippen LogP contribution in [0.2, 0.25) is 0 Å². The lowest BCUT2D eigenvalue weighted by Gasteiger charge is -2.15. The standard InChI is InChI=1S/C17H20N2O.ClH/c18-17(20)16(13-15-9-5-2-6-10-15)19-12-11-14-7-3-1-4-8-14;/h1-10,16,19H,11-13H2,(H2,18,20);1H/t16-;/m0./s1. The van der Waals surface area contributed by atoms with Crippen molar-refractivity contribution in [3.8, 4) is 0 Å². The molecule has 2 aromatic rings. The Bertz CT molecular complexity index is 531. The molecule has 4 heteroatoms. The zero-order chi connectivity index (χ0) is 14.2. The van der Waals surface area contributed by atoms with Crippen LogP contribution >= 0.6 is 12.4 Å². The molecular formula is C17H21ClN2O. The number of hydrogen-bond donors (Lipinski definition) is 2. The number of nitrogens with two attached hydrogens (primary N) is 1. The van der Waals surface area contributed by atoms with Crippen LogP contribution in [0, 0.1) is 0 Å². The highest BCUT2D eigenvalue weighted by atomic mass is 35.5. The summed E-state index contributed by atoms with van der Waals surface area (Å²) in [6.07, 6.45) is 1.52. The van der Waals surface area contributed by atoms with Crippen molar-refractivity contribution in [1.82, 2.24) is 5.32 Å². The highest BCUT2D eigenvalue weighted by Crippen LogP contribution is 2.04. The topological polar surface area (TPSA) is 55.1 Å². The fourth-order valence-electron chi connectivity index (χ4n) is 2.16. The molecule has 0 aliphatic carbocycles. The summed E-state index contributed by atoms with van der Waals surface area (Å²) in [5, 5.41) is 3.24. The summed E-state index contributed by atoms with van der Waals surface area (Å²) in [5.41, 5.74) is 7.83. The third-order valence-corrected chi connectivity index (χ3v) is 3.27. The van der Waals surface area contributed by atoms with Crippen molar-refractivity contribution in [2.24, 2.45) is 5.73 Å². The quantitative estimate of drug-likeness (QED) is 0.825. The molecule has 0 saturated heterocycles. The van der Waals surface area contributed by atoms with Gasteiger partial charge in [0.05, 0.1) is 6.04 Å². The number of primary amides is 1. The Morgan fingerprint density at radius 3 is 2.00 bits per heavy atom. The first-order valence-corrected chi connectivity index (χ1v) is 6.86. The maximum atomic E-state index is 11.5. The minimum atomic E-state index is -0.318. The van der Waals surface area contributed by atoms with Gasteiger partial charge < -0.3 is 11.1 Å². The van der Waals surface area contributed by atoms with E-state index in [1.165, 1.54) is 5.56 Å². The molecule has 2 rings (SSSR count). The van der Waals surface area contributed by atoms with Crippen molar-refractivity contribution in [3.63, 3.8) is 0 Å². The molecule has 0 heterocycles. The molecule has 1 amide bonds. The molecule has 0 radical (unpaired) electrons. The van der Waals surface area contributed by atoms with E-state index in [0.717, 1.165) is 18.5 Å². The highest BCUT2D eigenvalue weighted by molar-refractivity contribution is 5.85. The number of hydrogen-bond acceptors (Lipinski definition) is 2. The van der Waals surface area contributed by atoms with Crippen LogP contribution in [-0.4, -0.2) is 18.5 Å². The number of halogens is 1. The molecule has 0 bridgehead atoms. The highest BCUT2D eigenvalue weighted by Gasteiger charge is 2.14. The fourth-order valence-corrected chi connectivity index (χ4v) is 2.16. The molecule has 0 aliphatic rings. The van der Waals surface area contributed by atoms with E-state index in [2.05, 4.69) is 17.4 Å². The van der Waals surface area contributed by atoms with E-state index in [1.807, 2.05) is 48.5 Å². The number of benzene rings is 2. The zero-order valence-corrected chi connectivity index (χ0v) is 12.7. The van der Waals surface area contributed by atoms with Crippen molar-refractivity contribution in [1.29, 1.82) is 0 Å². The second-order valence-electron chi connectivity index (χ2n) is 4.83. The zero-order valence-electron chi connectivity index (χ0n) is 11.9.